The first kappa shape index (κ1) is 14.0. The molecule has 0 aliphatic heterocycles. The van der Waals surface area contributed by atoms with E-state index in [9.17, 15) is 9.50 Å². The molecule has 0 amide bonds. The van der Waals surface area contributed by atoms with Crippen LogP contribution in [0.4, 0.5) is 4.39 Å². The van der Waals surface area contributed by atoms with Gasteiger partial charge in [-0.05, 0) is 29.3 Å². The molecule has 0 bridgehead atoms. The summed E-state index contributed by atoms with van der Waals surface area (Å²) in [5.41, 5.74) is 2.03. The van der Waals surface area contributed by atoms with Gasteiger partial charge < -0.3 is 9.84 Å². The average molecular weight is 281 g/mol. The second kappa shape index (κ2) is 6.15. The number of benzene rings is 2. The fraction of sp³-hybridized carbons (Fsp3) is 0.200. The molecule has 1 unspecified atom stereocenters. The van der Waals surface area contributed by atoms with E-state index in [2.05, 4.69) is 0 Å². The van der Waals surface area contributed by atoms with Crippen LogP contribution in [-0.2, 0) is 11.3 Å². The number of methoxy groups -OCH3 is 1. The molecule has 0 aliphatic rings. The minimum absolute atomic E-state index is 0.342. The third-order valence-electron chi connectivity index (χ3n) is 2.86. The Bertz CT molecular complexity index is 555. The summed E-state index contributed by atoms with van der Waals surface area (Å²) in [6, 6.07) is 11.2. The summed E-state index contributed by atoms with van der Waals surface area (Å²) < 4.78 is 18.2. The maximum absolute atomic E-state index is 13.2. The van der Waals surface area contributed by atoms with Crippen molar-refractivity contribution < 1.29 is 14.2 Å². The molecule has 4 heteroatoms. The Morgan fingerprint density at radius 2 is 1.89 bits per heavy atom. The highest BCUT2D eigenvalue weighted by Crippen LogP contribution is 2.29. The van der Waals surface area contributed by atoms with E-state index in [0.29, 0.717) is 22.8 Å². The van der Waals surface area contributed by atoms with Gasteiger partial charge in [0.15, 0.2) is 0 Å². The minimum Gasteiger partial charge on any atom is -0.384 e. The Balaban J connectivity index is 2.27. The Labute approximate surface area is 116 Å². The molecule has 1 atom stereocenters. The molecule has 0 saturated heterocycles. The molecule has 0 spiro atoms. The first-order valence-electron chi connectivity index (χ1n) is 5.82. The van der Waals surface area contributed by atoms with Crippen LogP contribution in [0.2, 0.25) is 5.02 Å². The van der Waals surface area contributed by atoms with Gasteiger partial charge in [0.25, 0.3) is 0 Å². The Morgan fingerprint density at radius 3 is 2.53 bits per heavy atom. The number of aliphatic hydroxyl groups is 1. The maximum Gasteiger partial charge on any atom is 0.123 e. The largest absolute Gasteiger partial charge is 0.384 e. The van der Waals surface area contributed by atoms with Gasteiger partial charge in [-0.25, -0.2) is 4.39 Å². The Hall–Kier alpha value is -1.42. The summed E-state index contributed by atoms with van der Waals surface area (Å²) >= 11 is 5.98. The van der Waals surface area contributed by atoms with E-state index in [4.69, 9.17) is 16.3 Å². The van der Waals surface area contributed by atoms with Crippen molar-refractivity contribution in [2.75, 3.05) is 7.11 Å². The monoisotopic (exact) mass is 280 g/mol. The maximum atomic E-state index is 13.2. The van der Waals surface area contributed by atoms with E-state index in [1.165, 1.54) is 18.2 Å². The molecule has 0 heterocycles. The van der Waals surface area contributed by atoms with Crippen molar-refractivity contribution >= 4 is 11.6 Å². The smallest absolute Gasteiger partial charge is 0.123 e. The van der Waals surface area contributed by atoms with Crippen molar-refractivity contribution in [2.24, 2.45) is 0 Å². The molecule has 100 valence electrons. The molecule has 2 aromatic rings. The van der Waals surface area contributed by atoms with E-state index in [1.807, 2.05) is 12.1 Å². The molecule has 19 heavy (non-hydrogen) atoms. The topological polar surface area (TPSA) is 29.5 Å². The zero-order valence-electron chi connectivity index (χ0n) is 10.4. The van der Waals surface area contributed by atoms with E-state index in [-0.39, 0.29) is 0 Å². The van der Waals surface area contributed by atoms with Crippen molar-refractivity contribution in [2.45, 2.75) is 12.7 Å². The van der Waals surface area contributed by atoms with Crippen molar-refractivity contribution in [1.82, 2.24) is 0 Å². The van der Waals surface area contributed by atoms with Gasteiger partial charge in [-0.15, -0.1) is 0 Å². The molecule has 2 rings (SSSR count). The molecule has 2 aromatic carbocycles. The van der Waals surface area contributed by atoms with Gasteiger partial charge in [-0.2, -0.15) is 0 Å². The van der Waals surface area contributed by atoms with Crippen molar-refractivity contribution in [3.05, 3.63) is 70.0 Å². The van der Waals surface area contributed by atoms with Crippen molar-refractivity contribution in [3.63, 3.8) is 0 Å². The zero-order valence-corrected chi connectivity index (χ0v) is 11.2. The lowest BCUT2D eigenvalue weighted by Crippen LogP contribution is -2.01. The lowest BCUT2D eigenvalue weighted by Gasteiger charge is -2.13. The Kier molecular flexibility index (Phi) is 4.53. The first-order valence-corrected chi connectivity index (χ1v) is 6.20. The molecule has 2 nitrogen and oxygen atoms in total. The SMILES string of the molecule is COCc1ccc(C(O)c2cc(F)ccc2Cl)cc1. The highest BCUT2D eigenvalue weighted by atomic mass is 35.5. The van der Waals surface area contributed by atoms with E-state index in [1.54, 1.807) is 19.2 Å². The fourth-order valence-electron chi connectivity index (χ4n) is 1.87. The predicted molar refractivity (Wildman–Crippen MR) is 72.6 cm³/mol. The third-order valence-corrected chi connectivity index (χ3v) is 3.20. The van der Waals surface area contributed by atoms with Crippen LogP contribution in [0.5, 0.6) is 0 Å². The zero-order chi connectivity index (χ0) is 13.8. The lowest BCUT2D eigenvalue weighted by atomic mass is 10.0. The third kappa shape index (κ3) is 3.32. The van der Waals surface area contributed by atoms with E-state index in [0.717, 1.165) is 5.56 Å². The van der Waals surface area contributed by atoms with Crippen molar-refractivity contribution in [3.8, 4) is 0 Å². The molecule has 0 aromatic heterocycles. The first-order chi connectivity index (χ1) is 9.11. The van der Waals surface area contributed by atoms with Crippen LogP contribution in [-0.4, -0.2) is 12.2 Å². The quantitative estimate of drug-likeness (QED) is 0.925. The van der Waals surface area contributed by atoms with Crippen LogP contribution in [0.15, 0.2) is 42.5 Å². The second-order valence-corrected chi connectivity index (χ2v) is 4.65. The standard InChI is InChI=1S/C15H14ClFO2/c1-19-9-10-2-4-11(5-3-10)15(18)13-8-12(17)6-7-14(13)16/h2-8,15,18H,9H2,1H3. The second-order valence-electron chi connectivity index (χ2n) is 4.24. The number of rotatable bonds is 4. The summed E-state index contributed by atoms with van der Waals surface area (Å²) in [5.74, 6) is -0.422. The lowest BCUT2D eigenvalue weighted by molar-refractivity contribution is 0.184. The normalized spacial score (nSPS) is 12.4. The van der Waals surface area contributed by atoms with Crippen LogP contribution in [0.3, 0.4) is 0 Å². The number of hydrogen-bond acceptors (Lipinski definition) is 2. The van der Waals surface area contributed by atoms with Gasteiger partial charge in [0.2, 0.25) is 0 Å². The molecule has 0 fully saturated rings. The number of hydrogen-bond donors (Lipinski definition) is 1. The molecule has 1 N–H and O–H groups in total. The van der Waals surface area contributed by atoms with Gasteiger partial charge in [-0.1, -0.05) is 35.9 Å². The van der Waals surface area contributed by atoms with E-state index >= 15 is 0 Å². The number of aliphatic hydroxyl groups excluding tert-OH is 1. The summed E-state index contributed by atoms with van der Waals surface area (Å²) in [6.45, 7) is 0.511. The summed E-state index contributed by atoms with van der Waals surface area (Å²) in [6.07, 6.45) is -0.945. The molecule has 0 saturated carbocycles. The van der Waals surface area contributed by atoms with Crippen LogP contribution in [0.1, 0.15) is 22.8 Å². The summed E-state index contributed by atoms with van der Waals surface area (Å²) in [5, 5.41) is 10.6. The van der Waals surface area contributed by atoms with E-state index < -0.39 is 11.9 Å². The van der Waals surface area contributed by atoms with Crippen LogP contribution in [0.25, 0.3) is 0 Å². The number of halogens is 2. The van der Waals surface area contributed by atoms with Gasteiger partial charge in [0, 0.05) is 17.7 Å². The molecule has 0 radical (unpaired) electrons. The van der Waals surface area contributed by atoms with Crippen LogP contribution >= 0.6 is 11.6 Å². The van der Waals surface area contributed by atoms with Gasteiger partial charge >= 0.3 is 0 Å². The molecular weight excluding hydrogens is 267 g/mol. The Morgan fingerprint density at radius 1 is 1.21 bits per heavy atom. The average Bonchev–Trinajstić information content (AvgIpc) is 2.42. The molecule has 0 aliphatic carbocycles. The summed E-state index contributed by atoms with van der Waals surface area (Å²) in [4.78, 5) is 0. The fourth-order valence-corrected chi connectivity index (χ4v) is 2.09. The number of ether oxygens (including phenoxy) is 1. The minimum atomic E-state index is -0.945. The summed E-state index contributed by atoms with van der Waals surface area (Å²) in [7, 11) is 1.62. The van der Waals surface area contributed by atoms with Crippen LogP contribution < -0.4 is 0 Å². The predicted octanol–water partition coefficient (Wildman–Crippen LogP) is 3.71. The van der Waals surface area contributed by atoms with Gasteiger partial charge in [-0.3, -0.25) is 0 Å². The highest BCUT2D eigenvalue weighted by molar-refractivity contribution is 6.31. The molecular formula is C15H14ClFO2. The highest BCUT2D eigenvalue weighted by Gasteiger charge is 2.14. The van der Waals surface area contributed by atoms with Gasteiger partial charge in [0.1, 0.15) is 11.9 Å². The van der Waals surface area contributed by atoms with Crippen LogP contribution in [0, 0.1) is 5.82 Å². The van der Waals surface area contributed by atoms with Gasteiger partial charge in [0.05, 0.1) is 6.61 Å². The van der Waals surface area contributed by atoms with Crippen molar-refractivity contribution in [1.29, 1.82) is 0 Å².